The lowest BCUT2D eigenvalue weighted by atomic mass is 9.65. The van der Waals surface area contributed by atoms with Gasteiger partial charge in [-0.05, 0) is 89.5 Å². The van der Waals surface area contributed by atoms with Gasteiger partial charge in [0.15, 0.2) is 0 Å². The van der Waals surface area contributed by atoms with Gasteiger partial charge in [0, 0.05) is 44.2 Å². The summed E-state index contributed by atoms with van der Waals surface area (Å²) in [7, 11) is 0. The highest BCUT2D eigenvalue weighted by molar-refractivity contribution is 6.05. The van der Waals surface area contributed by atoms with Gasteiger partial charge in [-0.2, -0.15) is 0 Å². The summed E-state index contributed by atoms with van der Waals surface area (Å²) >= 11 is 0. The fraction of sp³-hybridized carbons (Fsp3) is 0.649. The van der Waals surface area contributed by atoms with Crippen LogP contribution in [0.3, 0.4) is 0 Å². The van der Waals surface area contributed by atoms with Gasteiger partial charge in [0.05, 0.1) is 18.1 Å². The second kappa shape index (κ2) is 16.1. The monoisotopic (exact) mass is 637 g/mol. The molecule has 254 valence electrons. The standard InChI is InChI=1S/C37H55N3O6/c1-6-11-12-17-27-45-35(44)31-30-33(42)40(25-15-13-14-16-26-41)32(37(30)23-22-36(31,8-3)46-37)34(43)39(24-7-2)29-20-18-28(19-21-29)38(9-4)10-5/h6-7,18-21,30-32,41H,1-2,8-17,22-27H2,3-5H3/t30-,31-,32?,36+,37?/m0/s1. The van der Waals surface area contributed by atoms with Crippen molar-refractivity contribution in [1.82, 2.24) is 4.90 Å². The van der Waals surface area contributed by atoms with Gasteiger partial charge >= 0.3 is 5.97 Å². The Morgan fingerprint density at radius 3 is 2.33 bits per heavy atom. The number of likely N-dealkylation sites (tertiary alicyclic amines) is 1. The van der Waals surface area contributed by atoms with Gasteiger partial charge in [0.1, 0.15) is 17.6 Å². The van der Waals surface area contributed by atoms with E-state index in [1.54, 1.807) is 15.9 Å². The number of rotatable bonds is 20. The molecule has 0 aromatic heterocycles. The minimum Gasteiger partial charge on any atom is -0.465 e. The first-order valence-corrected chi connectivity index (χ1v) is 17.4. The summed E-state index contributed by atoms with van der Waals surface area (Å²) in [5, 5.41) is 9.25. The van der Waals surface area contributed by atoms with Gasteiger partial charge in [-0.1, -0.05) is 31.9 Å². The minimum absolute atomic E-state index is 0.128. The molecule has 1 aromatic carbocycles. The van der Waals surface area contributed by atoms with Crippen LogP contribution in [0.5, 0.6) is 0 Å². The number of anilines is 2. The van der Waals surface area contributed by atoms with Crippen molar-refractivity contribution in [2.75, 3.05) is 49.2 Å². The molecule has 3 fully saturated rings. The quantitative estimate of drug-likeness (QED) is 0.112. The number of carbonyl (C=O) groups excluding carboxylic acids is 3. The molecule has 0 saturated carbocycles. The number of amides is 2. The number of hydrogen-bond donors (Lipinski definition) is 1. The second-order valence-electron chi connectivity index (χ2n) is 12.9. The first kappa shape index (κ1) is 35.7. The molecule has 3 heterocycles. The van der Waals surface area contributed by atoms with Gasteiger partial charge in [0.2, 0.25) is 5.91 Å². The highest BCUT2D eigenvalue weighted by Crippen LogP contribution is 2.64. The zero-order chi connectivity index (χ0) is 33.3. The largest absolute Gasteiger partial charge is 0.465 e. The number of hydrogen-bond acceptors (Lipinski definition) is 7. The molecule has 0 aliphatic carbocycles. The van der Waals surface area contributed by atoms with Crippen molar-refractivity contribution in [1.29, 1.82) is 0 Å². The number of aliphatic hydroxyl groups is 1. The van der Waals surface area contributed by atoms with E-state index in [2.05, 4.69) is 31.9 Å². The SMILES string of the molecule is C=CCCCCOC(=O)[C@@H]1[C@H]2C(=O)N(CCCCCCO)C(C(=O)N(CC=C)c3ccc(N(CC)CC)cc3)C23CC[C@@]1(CC)O3. The molecule has 1 spiro atoms. The van der Waals surface area contributed by atoms with Crippen LogP contribution in [-0.2, 0) is 23.9 Å². The zero-order valence-corrected chi connectivity index (χ0v) is 28.3. The molecule has 0 radical (unpaired) electrons. The molecule has 2 amide bonds. The summed E-state index contributed by atoms with van der Waals surface area (Å²) in [5.41, 5.74) is -0.141. The zero-order valence-electron chi connectivity index (χ0n) is 28.3. The Labute approximate surface area is 275 Å². The van der Waals surface area contributed by atoms with Crippen LogP contribution < -0.4 is 9.80 Å². The first-order valence-electron chi connectivity index (χ1n) is 17.4. The maximum Gasteiger partial charge on any atom is 0.312 e. The van der Waals surface area contributed by atoms with Crippen molar-refractivity contribution in [2.24, 2.45) is 11.8 Å². The van der Waals surface area contributed by atoms with Crippen LogP contribution in [-0.4, -0.2) is 84.4 Å². The van der Waals surface area contributed by atoms with Crippen LogP contribution in [0.4, 0.5) is 11.4 Å². The molecular weight excluding hydrogens is 582 g/mol. The molecule has 46 heavy (non-hydrogen) atoms. The third kappa shape index (κ3) is 6.77. The highest BCUT2D eigenvalue weighted by atomic mass is 16.6. The summed E-state index contributed by atoms with van der Waals surface area (Å²) in [4.78, 5) is 48.8. The van der Waals surface area contributed by atoms with E-state index in [0.29, 0.717) is 38.6 Å². The summed E-state index contributed by atoms with van der Waals surface area (Å²) in [6, 6.07) is 7.08. The molecule has 1 N–H and O–H groups in total. The third-order valence-corrected chi connectivity index (χ3v) is 10.4. The molecule has 3 aliphatic rings. The second-order valence-corrected chi connectivity index (χ2v) is 12.9. The summed E-state index contributed by atoms with van der Waals surface area (Å²) in [5.74, 6) is -2.34. The molecule has 2 unspecified atom stereocenters. The lowest BCUT2D eigenvalue weighted by molar-refractivity contribution is -0.161. The number of benzene rings is 1. The fourth-order valence-electron chi connectivity index (χ4n) is 8.03. The summed E-state index contributed by atoms with van der Waals surface area (Å²) in [6.07, 6.45) is 10.7. The Morgan fingerprint density at radius 1 is 1.00 bits per heavy atom. The summed E-state index contributed by atoms with van der Waals surface area (Å²) in [6.45, 7) is 16.7. The van der Waals surface area contributed by atoms with E-state index in [9.17, 15) is 19.5 Å². The van der Waals surface area contributed by atoms with Crippen molar-refractivity contribution >= 4 is 29.2 Å². The molecule has 9 nitrogen and oxygen atoms in total. The van der Waals surface area contributed by atoms with E-state index in [4.69, 9.17) is 9.47 Å². The van der Waals surface area contributed by atoms with Gasteiger partial charge in [-0.25, -0.2) is 0 Å². The lowest BCUT2D eigenvalue weighted by Gasteiger charge is -2.37. The Balaban J connectivity index is 1.69. The number of fused-ring (bicyclic) bond motifs is 1. The van der Waals surface area contributed by atoms with Crippen molar-refractivity contribution < 1.29 is 29.0 Å². The number of allylic oxidation sites excluding steroid dienone is 1. The Kier molecular flexibility index (Phi) is 12.5. The van der Waals surface area contributed by atoms with E-state index < -0.39 is 35.0 Å². The van der Waals surface area contributed by atoms with Gasteiger partial charge in [-0.15, -0.1) is 13.2 Å². The molecule has 1 aromatic rings. The predicted molar refractivity (Wildman–Crippen MR) is 182 cm³/mol. The number of nitrogens with zero attached hydrogens (tertiary/aromatic N) is 3. The number of ether oxygens (including phenoxy) is 2. The van der Waals surface area contributed by atoms with E-state index in [1.165, 1.54) is 0 Å². The summed E-state index contributed by atoms with van der Waals surface area (Å²) < 4.78 is 12.7. The van der Waals surface area contributed by atoms with E-state index in [0.717, 1.165) is 56.6 Å². The van der Waals surface area contributed by atoms with Crippen molar-refractivity contribution in [3.05, 3.63) is 49.6 Å². The van der Waals surface area contributed by atoms with E-state index in [-0.39, 0.29) is 31.6 Å². The lowest BCUT2D eigenvalue weighted by Crippen LogP contribution is -2.56. The van der Waals surface area contributed by atoms with Gasteiger partial charge in [0.25, 0.3) is 5.91 Å². The third-order valence-electron chi connectivity index (χ3n) is 10.4. The van der Waals surface area contributed by atoms with Gasteiger partial charge in [-0.3, -0.25) is 14.4 Å². The average Bonchev–Trinajstić information content (AvgIpc) is 3.67. The molecule has 4 rings (SSSR count). The smallest absolute Gasteiger partial charge is 0.312 e. The Hall–Kier alpha value is -3.17. The predicted octanol–water partition coefficient (Wildman–Crippen LogP) is 5.66. The average molecular weight is 638 g/mol. The molecule has 5 atom stereocenters. The molecule has 3 aliphatic heterocycles. The van der Waals surface area contributed by atoms with Crippen molar-refractivity contribution in [3.8, 4) is 0 Å². The Morgan fingerprint density at radius 2 is 1.70 bits per heavy atom. The topological polar surface area (TPSA) is 99.6 Å². The molecule has 3 saturated heterocycles. The first-order chi connectivity index (χ1) is 22.3. The van der Waals surface area contributed by atoms with Crippen LogP contribution >= 0.6 is 0 Å². The van der Waals surface area contributed by atoms with Crippen LogP contribution in [0.2, 0.25) is 0 Å². The van der Waals surface area contributed by atoms with E-state index >= 15 is 0 Å². The van der Waals surface area contributed by atoms with Gasteiger partial charge < -0.3 is 29.3 Å². The molecule has 2 bridgehead atoms. The van der Waals surface area contributed by atoms with Crippen molar-refractivity contribution in [2.45, 2.75) is 102 Å². The van der Waals surface area contributed by atoms with Crippen LogP contribution in [0.25, 0.3) is 0 Å². The van der Waals surface area contributed by atoms with Crippen LogP contribution in [0.15, 0.2) is 49.6 Å². The Bertz CT molecular complexity index is 1220. The number of esters is 1. The highest BCUT2D eigenvalue weighted by Gasteiger charge is 2.79. The van der Waals surface area contributed by atoms with E-state index in [1.807, 2.05) is 37.3 Å². The number of aliphatic hydroxyl groups excluding tert-OH is 1. The van der Waals surface area contributed by atoms with Crippen LogP contribution in [0, 0.1) is 11.8 Å². The van der Waals surface area contributed by atoms with Crippen molar-refractivity contribution in [3.63, 3.8) is 0 Å². The number of unbranched alkanes of at least 4 members (excludes halogenated alkanes) is 5. The van der Waals surface area contributed by atoms with Crippen LogP contribution in [0.1, 0.15) is 85.0 Å². The normalized spacial score (nSPS) is 26.2. The number of carbonyl (C=O) groups is 3. The fourth-order valence-corrected chi connectivity index (χ4v) is 8.03. The maximum atomic E-state index is 14.9. The molecule has 9 heteroatoms. The molecular formula is C37H55N3O6. The minimum atomic E-state index is -1.11. The maximum absolute atomic E-state index is 14.9.